The van der Waals surface area contributed by atoms with Crippen LogP contribution in [0.1, 0.15) is 133 Å². The highest BCUT2D eigenvalue weighted by atomic mass is 16.6. The second kappa shape index (κ2) is 21.3. The molecule has 74 heavy (non-hydrogen) atoms. The number of hydrogen-bond acceptors (Lipinski definition) is 11. The quantitative estimate of drug-likeness (QED) is 0.0528. The first-order valence-corrected chi connectivity index (χ1v) is 26.9. The Kier molecular flexibility index (Phi) is 14.4. The number of ether oxygens (including phenoxy) is 4. The molecule has 12 rings (SSSR count). The minimum Gasteiger partial charge on any atom is -0.482 e. The molecule has 2 fully saturated rings. The Morgan fingerprint density at radius 3 is 2.42 bits per heavy atom. The number of aliphatic hydroxyl groups is 3. The van der Waals surface area contributed by atoms with Crippen LogP contribution in [0.15, 0.2) is 136 Å². The lowest BCUT2D eigenvalue weighted by Crippen LogP contribution is -2.69. The molecule has 4 heterocycles. The molecule has 386 valence electrons. The van der Waals surface area contributed by atoms with E-state index in [2.05, 4.69) is 97.1 Å². The van der Waals surface area contributed by atoms with Gasteiger partial charge in [-0.2, -0.15) is 0 Å². The average Bonchev–Trinajstić information content (AvgIpc) is 3.42. The Bertz CT molecular complexity index is 3040. The standard InChI is InChI=1S/C63H68O11/c1-37(34-65)49-24-16-38-14-17-41(18-15-38)50-25-21-45(44-13-6-10-40(31-44)30-39-8-4-3-5-9-39)32-47(50)33-54(67)71-59-56-53(27-26-51-52(35-66)55(62(69)72-58(51)56)46(28-29-64)36-70-2)74-63(60(59)73-61(49)68)48-22-19-42-11-7-12-43(20-23-48)57(42)63/h3-6,8-10,13-15,17-19,21-22,25-27,31,42-43,45-48,50,57,59-60,64-66H,7,11-12,16,20,23-24,28-30,32-36H2,1-2H3. The number of aryl methyl sites for hydroxylation is 1. The van der Waals surface area contributed by atoms with Crippen molar-refractivity contribution in [1.82, 2.24) is 0 Å². The van der Waals surface area contributed by atoms with Gasteiger partial charge in [0.2, 0.25) is 0 Å². The van der Waals surface area contributed by atoms with Crippen molar-refractivity contribution in [2.45, 2.75) is 120 Å². The number of methoxy groups -OCH3 is 1. The smallest absolute Gasteiger partial charge is 0.340 e. The van der Waals surface area contributed by atoms with Crippen molar-refractivity contribution in [3.05, 3.63) is 181 Å². The first kappa shape index (κ1) is 50.1. The molecule has 1 aromatic heterocycles. The fraction of sp³-hybridized carbons (Fsp3) is 0.444. The van der Waals surface area contributed by atoms with E-state index in [1.54, 1.807) is 13.0 Å². The highest BCUT2D eigenvalue weighted by Crippen LogP contribution is 2.63. The van der Waals surface area contributed by atoms with Gasteiger partial charge in [-0.1, -0.05) is 110 Å². The molecule has 5 aromatic rings. The minimum atomic E-state index is -1.31. The van der Waals surface area contributed by atoms with Crippen LogP contribution in [-0.4, -0.2) is 65.9 Å². The molecule has 11 atom stereocenters. The van der Waals surface area contributed by atoms with E-state index in [1.807, 2.05) is 12.1 Å². The molecular formula is C63H68O11. The fourth-order valence-corrected chi connectivity index (χ4v) is 14.3. The molecule has 4 aliphatic carbocycles. The van der Waals surface area contributed by atoms with Gasteiger partial charge >= 0.3 is 17.6 Å². The SMILES string of the molecule is COCC(CCO)c1c(CO)c2ccc3c(c2oc1=O)C1OC(=O)CC2CC(c4cccc(Cc5ccccc5)c4)C=CC2c2ccc(cc2)CCC(=C(C)CO)C(=O)OC1C1(O3)C2C=CC3CCCC(CC2)C31. The van der Waals surface area contributed by atoms with Crippen LogP contribution in [0.5, 0.6) is 5.75 Å². The molecule has 0 amide bonds. The van der Waals surface area contributed by atoms with E-state index in [-0.39, 0.29) is 97.2 Å². The summed E-state index contributed by atoms with van der Waals surface area (Å²) < 4.78 is 33.6. The maximum absolute atomic E-state index is 15.5. The highest BCUT2D eigenvalue weighted by Gasteiger charge is 2.67. The average molecular weight is 1000 g/mol. The molecule has 2 saturated carbocycles. The fourth-order valence-electron chi connectivity index (χ4n) is 14.3. The van der Waals surface area contributed by atoms with E-state index < -0.39 is 47.9 Å². The van der Waals surface area contributed by atoms with Gasteiger partial charge in [-0.3, -0.25) is 4.79 Å². The molecule has 0 radical (unpaired) electrons. The number of rotatable bonds is 10. The molecule has 4 bridgehead atoms. The maximum atomic E-state index is 15.5. The monoisotopic (exact) mass is 1000 g/mol. The molecule has 4 aromatic carbocycles. The van der Waals surface area contributed by atoms with Gasteiger partial charge in [0.25, 0.3) is 0 Å². The molecule has 3 N–H and O–H groups in total. The number of allylic oxidation sites excluding steroid dienone is 3. The molecule has 11 nitrogen and oxygen atoms in total. The predicted octanol–water partition coefficient (Wildman–Crippen LogP) is 10.4. The Hall–Kier alpha value is -6.11. The highest BCUT2D eigenvalue weighted by molar-refractivity contribution is 5.90. The molecule has 3 aliphatic heterocycles. The van der Waals surface area contributed by atoms with E-state index in [4.69, 9.17) is 23.4 Å². The van der Waals surface area contributed by atoms with Crippen LogP contribution in [0.2, 0.25) is 0 Å². The van der Waals surface area contributed by atoms with Crippen molar-refractivity contribution in [3.63, 3.8) is 0 Å². The largest absolute Gasteiger partial charge is 0.482 e. The van der Waals surface area contributed by atoms with E-state index >= 15 is 9.59 Å². The summed E-state index contributed by atoms with van der Waals surface area (Å²) in [6, 6.07) is 31.2. The number of carbonyl (C=O) groups is 2. The lowest BCUT2D eigenvalue weighted by atomic mass is 9.50. The number of benzene rings is 4. The van der Waals surface area contributed by atoms with Gasteiger partial charge in [-0.25, -0.2) is 9.59 Å². The van der Waals surface area contributed by atoms with E-state index in [0.29, 0.717) is 40.7 Å². The maximum Gasteiger partial charge on any atom is 0.340 e. The lowest BCUT2D eigenvalue weighted by Gasteiger charge is -2.62. The summed E-state index contributed by atoms with van der Waals surface area (Å²) in [5.74, 6) is -1.60. The minimum absolute atomic E-state index is 0.0234. The molecule has 11 unspecified atom stereocenters. The van der Waals surface area contributed by atoms with E-state index in [1.165, 1.54) is 23.8 Å². The zero-order valence-corrected chi connectivity index (χ0v) is 42.5. The number of hydrogen-bond donors (Lipinski definition) is 3. The first-order valence-electron chi connectivity index (χ1n) is 26.9. The van der Waals surface area contributed by atoms with Crippen molar-refractivity contribution in [2.24, 2.45) is 29.6 Å². The Morgan fingerprint density at radius 2 is 1.64 bits per heavy atom. The third-order valence-corrected chi connectivity index (χ3v) is 17.7. The van der Waals surface area contributed by atoms with Gasteiger partial charge in [-0.15, -0.1) is 0 Å². The van der Waals surface area contributed by atoms with E-state index in [0.717, 1.165) is 49.7 Å². The predicted molar refractivity (Wildman–Crippen MR) is 281 cm³/mol. The molecule has 7 aliphatic rings. The summed E-state index contributed by atoms with van der Waals surface area (Å²) in [6.07, 6.45) is 13.8. The van der Waals surface area contributed by atoms with Crippen molar-refractivity contribution >= 4 is 22.9 Å². The molecule has 0 saturated heterocycles. The summed E-state index contributed by atoms with van der Waals surface area (Å²) in [6.45, 7) is 0.728. The van der Waals surface area contributed by atoms with Gasteiger partial charge in [0.05, 0.1) is 25.4 Å². The van der Waals surface area contributed by atoms with Crippen molar-refractivity contribution in [1.29, 1.82) is 0 Å². The van der Waals surface area contributed by atoms with Gasteiger partial charge in [-0.05, 0) is 134 Å². The number of carbonyl (C=O) groups excluding carboxylic acids is 2. The zero-order chi connectivity index (χ0) is 51.1. The molecular weight excluding hydrogens is 933 g/mol. The number of aliphatic hydroxyl groups excluding tert-OH is 3. The van der Waals surface area contributed by atoms with Gasteiger partial charge in [0.15, 0.2) is 17.8 Å². The molecule has 11 heteroatoms. The Morgan fingerprint density at radius 1 is 0.811 bits per heavy atom. The molecule has 1 spiro atoms. The van der Waals surface area contributed by atoms with Crippen molar-refractivity contribution in [3.8, 4) is 5.75 Å². The second-order valence-electron chi connectivity index (χ2n) is 21.9. The van der Waals surface area contributed by atoms with E-state index in [9.17, 15) is 20.1 Å². The zero-order valence-electron chi connectivity index (χ0n) is 42.5. The van der Waals surface area contributed by atoms with Crippen LogP contribution < -0.4 is 10.4 Å². The van der Waals surface area contributed by atoms with Gasteiger partial charge in [0.1, 0.15) is 11.3 Å². The third kappa shape index (κ3) is 9.18. The topological polar surface area (TPSA) is 162 Å². The normalized spacial score (nSPS) is 29.4. The van der Waals surface area contributed by atoms with Crippen LogP contribution in [0.3, 0.4) is 0 Å². The Balaban J connectivity index is 1.08. The summed E-state index contributed by atoms with van der Waals surface area (Å²) >= 11 is 0. The third-order valence-electron chi connectivity index (χ3n) is 17.7. The van der Waals surface area contributed by atoms with Crippen molar-refractivity contribution in [2.75, 3.05) is 26.9 Å². The second-order valence-corrected chi connectivity index (χ2v) is 21.9. The van der Waals surface area contributed by atoms with Crippen LogP contribution in [0, 0.1) is 29.6 Å². The van der Waals surface area contributed by atoms with Crippen LogP contribution >= 0.6 is 0 Å². The first-order chi connectivity index (χ1) is 36.1. The summed E-state index contributed by atoms with van der Waals surface area (Å²) in [5.41, 5.74) is 5.45. The Labute approximate surface area is 432 Å². The van der Waals surface area contributed by atoms with Crippen LogP contribution in [0.25, 0.3) is 11.0 Å². The van der Waals surface area contributed by atoms with Gasteiger partial charge in [0, 0.05) is 66.2 Å². The van der Waals surface area contributed by atoms with Crippen molar-refractivity contribution < 1.29 is 48.3 Å². The lowest BCUT2D eigenvalue weighted by molar-refractivity contribution is -0.234. The van der Waals surface area contributed by atoms with Gasteiger partial charge < -0.3 is 38.7 Å². The number of fused-ring (bicyclic) bond motifs is 11. The van der Waals surface area contributed by atoms with Crippen LogP contribution in [0.4, 0.5) is 0 Å². The summed E-state index contributed by atoms with van der Waals surface area (Å²) in [5, 5.41) is 32.3. The summed E-state index contributed by atoms with van der Waals surface area (Å²) in [7, 11) is 1.51. The number of esters is 2. The van der Waals surface area contributed by atoms with Crippen LogP contribution in [-0.2, 0) is 43.2 Å². The summed E-state index contributed by atoms with van der Waals surface area (Å²) in [4.78, 5) is 45.3.